The van der Waals surface area contributed by atoms with E-state index in [1.807, 2.05) is 18.3 Å². The molecule has 1 fully saturated rings. The molecule has 1 amide bonds. The number of fused-ring (bicyclic) bond motifs is 1. The quantitative estimate of drug-likeness (QED) is 0.752. The van der Waals surface area contributed by atoms with Gasteiger partial charge in [0.1, 0.15) is 11.5 Å². The highest BCUT2D eigenvalue weighted by Gasteiger charge is 2.21. The van der Waals surface area contributed by atoms with Gasteiger partial charge in [-0.2, -0.15) is 0 Å². The number of likely N-dealkylation sites (N-methyl/N-ethyl adjacent to an activating group) is 1. The van der Waals surface area contributed by atoms with Crippen LogP contribution in [0.1, 0.15) is 42.7 Å². The Bertz CT molecular complexity index is 795. The second kappa shape index (κ2) is 9.39. The summed E-state index contributed by atoms with van der Waals surface area (Å²) in [6, 6.07) is 4.07. The predicted octanol–water partition coefficient (Wildman–Crippen LogP) is 2.19. The Morgan fingerprint density at radius 1 is 1.32 bits per heavy atom. The van der Waals surface area contributed by atoms with E-state index in [4.69, 9.17) is 9.72 Å². The second-order valence-corrected chi connectivity index (χ2v) is 7.51. The van der Waals surface area contributed by atoms with E-state index in [-0.39, 0.29) is 11.9 Å². The number of piperidine rings is 1. The molecule has 2 aromatic rings. The maximum absolute atomic E-state index is 12.8. The van der Waals surface area contributed by atoms with Gasteiger partial charge in [0.15, 0.2) is 0 Å². The van der Waals surface area contributed by atoms with Crippen LogP contribution in [0.25, 0.3) is 5.65 Å². The summed E-state index contributed by atoms with van der Waals surface area (Å²) in [6.07, 6.45) is 4.77. The highest BCUT2D eigenvalue weighted by atomic mass is 16.5. The number of ether oxygens (including phenoxy) is 1. The van der Waals surface area contributed by atoms with Crippen LogP contribution >= 0.6 is 0 Å². The van der Waals surface area contributed by atoms with Gasteiger partial charge in [-0.1, -0.05) is 6.92 Å². The molecule has 28 heavy (non-hydrogen) atoms. The summed E-state index contributed by atoms with van der Waals surface area (Å²) in [7, 11) is 3.84. The molecular formula is C21H33N5O2. The molecule has 7 nitrogen and oxygen atoms in total. The largest absolute Gasteiger partial charge is 0.383 e. The predicted molar refractivity (Wildman–Crippen MR) is 112 cm³/mol. The minimum Gasteiger partial charge on any atom is -0.383 e. The van der Waals surface area contributed by atoms with Gasteiger partial charge in [-0.25, -0.2) is 4.98 Å². The van der Waals surface area contributed by atoms with Gasteiger partial charge in [-0.15, -0.1) is 0 Å². The van der Waals surface area contributed by atoms with Crippen molar-refractivity contribution in [3.05, 3.63) is 29.6 Å². The van der Waals surface area contributed by atoms with Gasteiger partial charge in [0.05, 0.1) is 17.9 Å². The molecule has 0 radical (unpaired) electrons. The SMILES string of the molecule is CCc1nc2ccc(C(=O)NC3CCN(C)CC3)cn2c1N(CC)CCOC. The molecule has 1 saturated heterocycles. The van der Waals surface area contributed by atoms with Gasteiger partial charge in [0.25, 0.3) is 5.91 Å². The molecule has 0 saturated carbocycles. The van der Waals surface area contributed by atoms with Gasteiger partial charge in [-0.3, -0.25) is 9.20 Å². The smallest absolute Gasteiger partial charge is 0.252 e. The zero-order chi connectivity index (χ0) is 20.1. The van der Waals surface area contributed by atoms with E-state index in [2.05, 4.69) is 40.4 Å². The zero-order valence-corrected chi connectivity index (χ0v) is 17.6. The van der Waals surface area contributed by atoms with E-state index in [1.165, 1.54) is 0 Å². The fourth-order valence-corrected chi connectivity index (χ4v) is 3.82. The number of aromatic nitrogens is 2. The minimum absolute atomic E-state index is 0.00547. The van der Waals surface area contributed by atoms with Crippen molar-refractivity contribution in [2.45, 2.75) is 39.2 Å². The van der Waals surface area contributed by atoms with Crippen molar-refractivity contribution in [2.75, 3.05) is 51.8 Å². The lowest BCUT2D eigenvalue weighted by molar-refractivity contribution is 0.0916. The highest BCUT2D eigenvalue weighted by Crippen LogP contribution is 2.24. The summed E-state index contributed by atoms with van der Waals surface area (Å²) < 4.78 is 7.33. The average molecular weight is 388 g/mol. The zero-order valence-electron chi connectivity index (χ0n) is 17.6. The first-order valence-corrected chi connectivity index (χ1v) is 10.3. The normalized spacial score (nSPS) is 15.9. The van der Waals surface area contributed by atoms with Crippen LogP contribution in [0.2, 0.25) is 0 Å². The number of imidazole rings is 1. The fourth-order valence-electron chi connectivity index (χ4n) is 3.82. The van der Waals surface area contributed by atoms with Crippen LogP contribution in [-0.4, -0.2) is 73.2 Å². The third kappa shape index (κ3) is 4.47. The molecule has 0 bridgehead atoms. The van der Waals surface area contributed by atoms with Crippen molar-refractivity contribution in [3.8, 4) is 0 Å². The monoisotopic (exact) mass is 387 g/mol. The first-order valence-electron chi connectivity index (χ1n) is 10.3. The van der Waals surface area contributed by atoms with Gasteiger partial charge in [-0.05, 0) is 58.5 Å². The summed E-state index contributed by atoms with van der Waals surface area (Å²) >= 11 is 0. The Hall–Kier alpha value is -2.12. The molecule has 1 N–H and O–H groups in total. The molecule has 3 rings (SSSR count). The van der Waals surface area contributed by atoms with Crippen LogP contribution in [0.3, 0.4) is 0 Å². The van der Waals surface area contributed by atoms with Crippen molar-refractivity contribution in [2.24, 2.45) is 0 Å². The van der Waals surface area contributed by atoms with Gasteiger partial charge >= 0.3 is 0 Å². The summed E-state index contributed by atoms with van der Waals surface area (Å²) in [5, 5.41) is 3.21. The average Bonchev–Trinajstić information content (AvgIpc) is 3.08. The van der Waals surface area contributed by atoms with Crippen LogP contribution in [-0.2, 0) is 11.2 Å². The Labute approximate surface area is 167 Å². The number of hydrogen-bond donors (Lipinski definition) is 1. The maximum Gasteiger partial charge on any atom is 0.252 e. The number of anilines is 1. The van der Waals surface area contributed by atoms with Crippen molar-refractivity contribution < 1.29 is 9.53 Å². The number of carbonyl (C=O) groups is 1. The Kier molecular flexibility index (Phi) is 6.91. The first kappa shape index (κ1) is 20.6. The number of hydrogen-bond acceptors (Lipinski definition) is 5. The first-order chi connectivity index (χ1) is 13.6. The third-order valence-electron chi connectivity index (χ3n) is 5.56. The Morgan fingerprint density at radius 3 is 2.71 bits per heavy atom. The van der Waals surface area contributed by atoms with Crippen molar-refractivity contribution in [1.29, 1.82) is 0 Å². The molecule has 0 unspecified atom stereocenters. The second-order valence-electron chi connectivity index (χ2n) is 7.51. The van der Waals surface area contributed by atoms with E-state index in [0.717, 1.165) is 62.6 Å². The van der Waals surface area contributed by atoms with Crippen LogP contribution in [0, 0.1) is 0 Å². The van der Waals surface area contributed by atoms with E-state index >= 15 is 0 Å². The van der Waals surface area contributed by atoms with Gasteiger partial charge < -0.3 is 19.9 Å². The lowest BCUT2D eigenvalue weighted by Crippen LogP contribution is -2.43. The summed E-state index contributed by atoms with van der Waals surface area (Å²) in [4.78, 5) is 22.2. The van der Waals surface area contributed by atoms with E-state index in [0.29, 0.717) is 12.2 Å². The molecular weight excluding hydrogens is 354 g/mol. The summed E-state index contributed by atoms with van der Waals surface area (Å²) in [5.74, 6) is 1.06. The Morgan fingerprint density at radius 2 is 2.07 bits per heavy atom. The maximum atomic E-state index is 12.8. The van der Waals surface area contributed by atoms with Crippen molar-refractivity contribution >= 4 is 17.4 Å². The molecule has 7 heteroatoms. The van der Waals surface area contributed by atoms with Gasteiger partial charge in [0, 0.05) is 32.4 Å². The number of rotatable bonds is 8. The number of nitrogens with zero attached hydrogens (tertiary/aromatic N) is 4. The number of carbonyl (C=O) groups excluding carboxylic acids is 1. The molecule has 154 valence electrons. The lowest BCUT2D eigenvalue weighted by atomic mass is 10.1. The number of aryl methyl sites for hydroxylation is 1. The molecule has 0 atom stereocenters. The fraction of sp³-hybridized carbons (Fsp3) is 0.619. The number of nitrogens with one attached hydrogen (secondary N) is 1. The van der Waals surface area contributed by atoms with Crippen LogP contribution in [0.4, 0.5) is 5.82 Å². The van der Waals surface area contributed by atoms with Crippen LogP contribution in [0.15, 0.2) is 18.3 Å². The Balaban J connectivity index is 1.86. The van der Waals surface area contributed by atoms with E-state index in [9.17, 15) is 4.79 Å². The van der Waals surface area contributed by atoms with E-state index < -0.39 is 0 Å². The topological polar surface area (TPSA) is 62.1 Å². The third-order valence-corrected chi connectivity index (χ3v) is 5.56. The molecule has 0 spiro atoms. The minimum atomic E-state index is -0.00547. The highest BCUT2D eigenvalue weighted by molar-refractivity contribution is 5.94. The molecule has 2 aromatic heterocycles. The van der Waals surface area contributed by atoms with E-state index in [1.54, 1.807) is 7.11 Å². The van der Waals surface area contributed by atoms with Crippen molar-refractivity contribution in [3.63, 3.8) is 0 Å². The van der Waals surface area contributed by atoms with Gasteiger partial charge in [0.2, 0.25) is 0 Å². The summed E-state index contributed by atoms with van der Waals surface area (Å²) in [5.41, 5.74) is 2.60. The number of amides is 1. The van der Waals surface area contributed by atoms with Crippen molar-refractivity contribution in [1.82, 2.24) is 19.6 Å². The molecule has 0 aliphatic carbocycles. The lowest BCUT2D eigenvalue weighted by Gasteiger charge is -2.29. The number of methoxy groups -OCH3 is 1. The molecule has 1 aliphatic heterocycles. The molecule has 3 heterocycles. The number of likely N-dealkylation sites (tertiary alicyclic amines) is 1. The number of pyridine rings is 1. The molecule has 1 aliphatic rings. The van der Waals surface area contributed by atoms with Crippen LogP contribution in [0.5, 0.6) is 0 Å². The summed E-state index contributed by atoms with van der Waals surface area (Å²) in [6.45, 7) is 8.60. The standard InChI is InChI=1S/C21H33N5O2/c1-5-18-21(25(6-2)13-14-28-4)26-15-16(7-8-19(26)23-18)20(27)22-17-9-11-24(3)12-10-17/h7-8,15,17H,5-6,9-14H2,1-4H3,(H,22,27). The molecule has 0 aromatic carbocycles. The van der Waals surface area contributed by atoms with Crippen LogP contribution < -0.4 is 10.2 Å².